The van der Waals surface area contributed by atoms with Gasteiger partial charge in [0, 0.05) is 6.61 Å². The van der Waals surface area contributed by atoms with E-state index < -0.39 is 0 Å². The molecule has 16 heavy (non-hydrogen) atoms. The molecule has 1 rings (SSSR count). The van der Waals surface area contributed by atoms with E-state index in [1.54, 1.807) is 0 Å². The van der Waals surface area contributed by atoms with E-state index in [-0.39, 0.29) is 5.60 Å². The Morgan fingerprint density at radius 2 is 2.00 bits per heavy atom. The number of nitrogens with one attached hydrogen (secondary N) is 1. The number of hydrogen-bond acceptors (Lipinski definition) is 3. The van der Waals surface area contributed by atoms with Crippen molar-refractivity contribution in [2.45, 2.75) is 51.0 Å². The SMILES string of the molecule is CCCCOCCOC1(CCNC)CCC1. The molecule has 3 heteroatoms. The normalized spacial score (nSPS) is 18.4. The van der Waals surface area contributed by atoms with Crippen molar-refractivity contribution in [2.75, 3.05) is 33.4 Å². The molecule has 0 bridgehead atoms. The molecule has 0 unspecified atom stereocenters. The van der Waals surface area contributed by atoms with Gasteiger partial charge in [0.25, 0.3) is 0 Å². The Morgan fingerprint density at radius 3 is 2.56 bits per heavy atom. The molecule has 1 fully saturated rings. The first-order valence-corrected chi connectivity index (χ1v) is 6.69. The van der Waals surface area contributed by atoms with Crippen LogP contribution in [0.25, 0.3) is 0 Å². The van der Waals surface area contributed by atoms with E-state index in [4.69, 9.17) is 9.47 Å². The van der Waals surface area contributed by atoms with Crippen molar-refractivity contribution in [1.82, 2.24) is 5.32 Å². The van der Waals surface area contributed by atoms with Gasteiger partial charge in [-0.15, -0.1) is 0 Å². The molecule has 96 valence electrons. The molecule has 1 saturated carbocycles. The highest BCUT2D eigenvalue weighted by Crippen LogP contribution is 2.38. The minimum atomic E-state index is 0.178. The Bertz CT molecular complexity index is 169. The van der Waals surface area contributed by atoms with Crippen LogP contribution >= 0.6 is 0 Å². The van der Waals surface area contributed by atoms with E-state index in [2.05, 4.69) is 12.2 Å². The van der Waals surface area contributed by atoms with E-state index in [9.17, 15) is 0 Å². The average molecular weight is 229 g/mol. The second-order valence-electron chi connectivity index (χ2n) is 4.70. The molecule has 1 aliphatic carbocycles. The molecule has 0 radical (unpaired) electrons. The maximum absolute atomic E-state index is 5.98. The Balaban J connectivity index is 2.00. The minimum Gasteiger partial charge on any atom is -0.379 e. The molecule has 0 aliphatic heterocycles. The van der Waals surface area contributed by atoms with Gasteiger partial charge < -0.3 is 14.8 Å². The highest BCUT2D eigenvalue weighted by Gasteiger charge is 2.37. The van der Waals surface area contributed by atoms with Crippen LogP contribution < -0.4 is 5.32 Å². The maximum atomic E-state index is 5.98. The van der Waals surface area contributed by atoms with E-state index in [1.807, 2.05) is 7.05 Å². The van der Waals surface area contributed by atoms with Gasteiger partial charge in [0.05, 0.1) is 18.8 Å². The summed E-state index contributed by atoms with van der Waals surface area (Å²) in [5, 5.41) is 3.20. The third-order valence-corrected chi connectivity index (χ3v) is 3.37. The van der Waals surface area contributed by atoms with Gasteiger partial charge in [-0.3, -0.25) is 0 Å². The third kappa shape index (κ3) is 4.81. The third-order valence-electron chi connectivity index (χ3n) is 3.37. The first kappa shape index (κ1) is 13.9. The van der Waals surface area contributed by atoms with Gasteiger partial charge in [0.2, 0.25) is 0 Å². The first-order chi connectivity index (χ1) is 7.83. The van der Waals surface area contributed by atoms with Crippen molar-refractivity contribution in [1.29, 1.82) is 0 Å². The summed E-state index contributed by atoms with van der Waals surface area (Å²) in [4.78, 5) is 0. The summed E-state index contributed by atoms with van der Waals surface area (Å²) in [7, 11) is 2.00. The van der Waals surface area contributed by atoms with Gasteiger partial charge in [-0.2, -0.15) is 0 Å². The zero-order chi connectivity index (χ0) is 11.7. The summed E-state index contributed by atoms with van der Waals surface area (Å²) in [6, 6.07) is 0. The van der Waals surface area contributed by atoms with Crippen LogP contribution in [-0.2, 0) is 9.47 Å². The Morgan fingerprint density at radius 1 is 1.19 bits per heavy atom. The van der Waals surface area contributed by atoms with Gasteiger partial charge in [0.1, 0.15) is 0 Å². The van der Waals surface area contributed by atoms with Crippen molar-refractivity contribution in [3.63, 3.8) is 0 Å². The Labute approximate surface area is 99.9 Å². The van der Waals surface area contributed by atoms with Crippen LogP contribution in [0.4, 0.5) is 0 Å². The molecule has 0 aromatic carbocycles. The van der Waals surface area contributed by atoms with E-state index in [0.717, 1.165) is 39.2 Å². The quantitative estimate of drug-likeness (QED) is 0.583. The summed E-state index contributed by atoms with van der Waals surface area (Å²) < 4.78 is 11.5. The first-order valence-electron chi connectivity index (χ1n) is 6.69. The lowest BCUT2D eigenvalue weighted by molar-refractivity contribution is -0.117. The van der Waals surface area contributed by atoms with Gasteiger partial charge in [-0.1, -0.05) is 13.3 Å². The molecule has 0 atom stereocenters. The molecule has 0 aromatic rings. The number of hydrogen-bond donors (Lipinski definition) is 1. The smallest absolute Gasteiger partial charge is 0.0708 e. The largest absolute Gasteiger partial charge is 0.379 e. The highest BCUT2D eigenvalue weighted by molar-refractivity contribution is 4.90. The molecule has 0 heterocycles. The number of ether oxygens (including phenoxy) is 2. The second-order valence-corrected chi connectivity index (χ2v) is 4.70. The van der Waals surface area contributed by atoms with Crippen LogP contribution in [0.15, 0.2) is 0 Å². The van der Waals surface area contributed by atoms with Crippen LogP contribution in [0, 0.1) is 0 Å². The Hall–Kier alpha value is -0.120. The van der Waals surface area contributed by atoms with E-state index >= 15 is 0 Å². The van der Waals surface area contributed by atoms with Gasteiger partial charge >= 0.3 is 0 Å². The molecule has 1 N–H and O–H groups in total. The van der Waals surface area contributed by atoms with Crippen LogP contribution in [-0.4, -0.2) is 39.0 Å². The van der Waals surface area contributed by atoms with E-state index in [1.165, 1.54) is 25.7 Å². The van der Waals surface area contributed by atoms with Crippen LogP contribution in [0.3, 0.4) is 0 Å². The zero-order valence-electron chi connectivity index (χ0n) is 10.9. The molecular weight excluding hydrogens is 202 g/mol. The van der Waals surface area contributed by atoms with Crippen molar-refractivity contribution in [3.8, 4) is 0 Å². The van der Waals surface area contributed by atoms with Crippen LogP contribution in [0.1, 0.15) is 45.4 Å². The number of unbranched alkanes of at least 4 members (excludes halogenated alkanes) is 1. The van der Waals surface area contributed by atoms with Crippen molar-refractivity contribution in [2.24, 2.45) is 0 Å². The standard InChI is InChI=1S/C13H27NO2/c1-3-4-10-15-11-12-16-13(6-5-7-13)8-9-14-2/h14H,3-12H2,1-2H3. The predicted octanol–water partition coefficient (Wildman–Crippen LogP) is 2.35. The van der Waals surface area contributed by atoms with Gasteiger partial charge in [-0.05, 0) is 45.7 Å². The summed E-state index contributed by atoms with van der Waals surface area (Å²) in [6.07, 6.45) is 7.27. The molecule has 3 nitrogen and oxygen atoms in total. The maximum Gasteiger partial charge on any atom is 0.0708 e. The van der Waals surface area contributed by atoms with Crippen LogP contribution in [0.2, 0.25) is 0 Å². The summed E-state index contributed by atoms with van der Waals surface area (Å²) in [6.45, 7) is 5.62. The second kappa shape index (κ2) is 8.04. The lowest BCUT2D eigenvalue weighted by atomic mass is 9.77. The van der Waals surface area contributed by atoms with Crippen molar-refractivity contribution in [3.05, 3.63) is 0 Å². The monoisotopic (exact) mass is 229 g/mol. The fourth-order valence-corrected chi connectivity index (χ4v) is 2.06. The zero-order valence-corrected chi connectivity index (χ0v) is 10.9. The lowest BCUT2D eigenvalue weighted by Gasteiger charge is -2.41. The average Bonchev–Trinajstić information content (AvgIpc) is 2.25. The fourth-order valence-electron chi connectivity index (χ4n) is 2.06. The Kier molecular flexibility index (Phi) is 7.01. The molecule has 1 aliphatic rings. The van der Waals surface area contributed by atoms with Crippen molar-refractivity contribution >= 4 is 0 Å². The fraction of sp³-hybridized carbons (Fsp3) is 1.00. The topological polar surface area (TPSA) is 30.5 Å². The minimum absolute atomic E-state index is 0.178. The predicted molar refractivity (Wildman–Crippen MR) is 66.8 cm³/mol. The summed E-state index contributed by atoms with van der Waals surface area (Å²) in [5.41, 5.74) is 0.178. The molecule has 0 amide bonds. The van der Waals surface area contributed by atoms with Gasteiger partial charge in [-0.25, -0.2) is 0 Å². The van der Waals surface area contributed by atoms with Crippen molar-refractivity contribution < 1.29 is 9.47 Å². The summed E-state index contributed by atoms with van der Waals surface area (Å²) >= 11 is 0. The van der Waals surface area contributed by atoms with Crippen LogP contribution in [0.5, 0.6) is 0 Å². The lowest BCUT2D eigenvalue weighted by Crippen LogP contribution is -2.43. The molecule has 0 saturated heterocycles. The summed E-state index contributed by atoms with van der Waals surface area (Å²) in [5.74, 6) is 0. The van der Waals surface area contributed by atoms with Gasteiger partial charge in [0.15, 0.2) is 0 Å². The molecule has 0 spiro atoms. The molecular formula is C13H27NO2. The number of rotatable bonds is 10. The highest BCUT2D eigenvalue weighted by atomic mass is 16.5. The van der Waals surface area contributed by atoms with E-state index in [0.29, 0.717) is 0 Å². The molecule has 0 aromatic heterocycles.